The average molecular weight is 276 g/mol. The maximum Gasteiger partial charge on any atom is 0.225 e. The molecule has 2 heterocycles. The summed E-state index contributed by atoms with van der Waals surface area (Å²) in [4.78, 5) is 11.3. The van der Waals surface area contributed by atoms with Gasteiger partial charge < -0.3 is 10.6 Å². The highest BCUT2D eigenvalue weighted by Crippen LogP contribution is 2.34. The highest BCUT2D eigenvalue weighted by atomic mass is 15.2. The van der Waals surface area contributed by atoms with Gasteiger partial charge in [0.2, 0.25) is 5.95 Å². The second-order valence-corrected chi connectivity index (χ2v) is 7.20. The number of aromatic nitrogens is 2. The number of hydrogen-bond acceptors (Lipinski definition) is 4. The number of piperidine rings is 1. The van der Waals surface area contributed by atoms with Crippen LogP contribution in [0.1, 0.15) is 46.1 Å². The van der Waals surface area contributed by atoms with Crippen LogP contribution in [0.3, 0.4) is 0 Å². The minimum Gasteiger partial charge on any atom is -0.341 e. The van der Waals surface area contributed by atoms with Crippen LogP contribution in [-0.2, 0) is 6.42 Å². The van der Waals surface area contributed by atoms with E-state index >= 15 is 0 Å². The molecule has 112 valence electrons. The molecule has 20 heavy (non-hydrogen) atoms. The van der Waals surface area contributed by atoms with E-state index in [1.165, 1.54) is 12.8 Å². The molecule has 0 aliphatic carbocycles. The molecule has 0 bridgehead atoms. The maximum atomic E-state index is 5.80. The summed E-state index contributed by atoms with van der Waals surface area (Å²) in [6, 6.07) is 0.159. The Hall–Kier alpha value is -1.16. The molecular weight excluding hydrogens is 248 g/mol. The second kappa shape index (κ2) is 6.08. The van der Waals surface area contributed by atoms with Gasteiger partial charge in [0.15, 0.2) is 0 Å². The lowest BCUT2D eigenvalue weighted by molar-refractivity contribution is 0.198. The van der Waals surface area contributed by atoms with Gasteiger partial charge >= 0.3 is 0 Å². The molecule has 0 aromatic carbocycles. The molecule has 4 heteroatoms. The first kappa shape index (κ1) is 15.2. The Labute approximate surface area is 122 Å². The molecule has 0 spiro atoms. The van der Waals surface area contributed by atoms with Gasteiger partial charge in [-0.15, -0.1) is 0 Å². The van der Waals surface area contributed by atoms with Gasteiger partial charge in [-0.3, -0.25) is 0 Å². The van der Waals surface area contributed by atoms with Gasteiger partial charge in [-0.2, -0.15) is 0 Å². The van der Waals surface area contributed by atoms with Crippen molar-refractivity contribution in [3.05, 3.63) is 18.0 Å². The van der Waals surface area contributed by atoms with E-state index in [1.54, 1.807) is 0 Å². The Morgan fingerprint density at radius 1 is 1.25 bits per heavy atom. The molecule has 2 N–H and O–H groups in total. The molecule has 0 saturated carbocycles. The molecule has 1 aromatic heterocycles. The second-order valence-electron chi connectivity index (χ2n) is 7.20. The number of nitrogens with two attached hydrogens (primary N) is 1. The first-order valence-electron chi connectivity index (χ1n) is 7.67. The third-order valence-electron chi connectivity index (χ3n) is 4.25. The van der Waals surface area contributed by atoms with Gasteiger partial charge in [-0.25, -0.2) is 9.97 Å². The van der Waals surface area contributed by atoms with Gasteiger partial charge in [0.25, 0.3) is 0 Å². The van der Waals surface area contributed by atoms with Crippen molar-refractivity contribution < 1.29 is 0 Å². The average Bonchev–Trinajstić information content (AvgIpc) is 2.38. The third kappa shape index (κ3) is 3.92. The fraction of sp³-hybridized carbons (Fsp3) is 0.750. The predicted molar refractivity (Wildman–Crippen MR) is 83.8 cm³/mol. The molecular formula is C16H28N4. The van der Waals surface area contributed by atoms with Crippen molar-refractivity contribution in [2.24, 2.45) is 17.1 Å². The Balaban J connectivity index is 1.94. The van der Waals surface area contributed by atoms with Crippen molar-refractivity contribution in [2.75, 3.05) is 18.0 Å². The van der Waals surface area contributed by atoms with Crippen molar-refractivity contribution in [1.29, 1.82) is 0 Å². The summed E-state index contributed by atoms with van der Waals surface area (Å²) < 4.78 is 0. The Morgan fingerprint density at radius 2 is 1.80 bits per heavy atom. The minimum atomic E-state index is 0.159. The zero-order valence-electron chi connectivity index (χ0n) is 13.3. The van der Waals surface area contributed by atoms with Crippen LogP contribution in [0.5, 0.6) is 0 Å². The molecule has 1 atom stereocenters. The molecule has 1 unspecified atom stereocenters. The van der Waals surface area contributed by atoms with Crippen LogP contribution in [0.4, 0.5) is 5.95 Å². The molecule has 4 nitrogen and oxygen atoms in total. The van der Waals surface area contributed by atoms with E-state index in [9.17, 15) is 0 Å². The largest absolute Gasteiger partial charge is 0.341 e. The van der Waals surface area contributed by atoms with E-state index < -0.39 is 0 Å². The highest BCUT2D eigenvalue weighted by molar-refractivity contribution is 5.30. The van der Waals surface area contributed by atoms with Crippen LogP contribution in [-0.4, -0.2) is 29.1 Å². The summed E-state index contributed by atoms with van der Waals surface area (Å²) in [6.07, 6.45) is 7.14. The Morgan fingerprint density at radius 3 is 2.25 bits per heavy atom. The number of rotatable bonds is 3. The fourth-order valence-corrected chi connectivity index (χ4v) is 2.93. The molecule has 2 rings (SSSR count). The number of nitrogens with zero attached hydrogens (tertiary/aromatic N) is 3. The van der Waals surface area contributed by atoms with Crippen molar-refractivity contribution in [3.63, 3.8) is 0 Å². The maximum absolute atomic E-state index is 5.80. The summed E-state index contributed by atoms with van der Waals surface area (Å²) in [5.74, 6) is 1.67. The topological polar surface area (TPSA) is 55.0 Å². The standard InChI is InChI=1S/C16H28N4/c1-12(17)9-13-10-18-15(19-11-13)20-7-5-14(6-8-20)16(2,3)4/h10-12,14H,5-9,17H2,1-4H3. The fourth-order valence-electron chi connectivity index (χ4n) is 2.93. The molecule has 0 amide bonds. The molecule has 1 saturated heterocycles. The molecule has 1 aliphatic rings. The van der Waals surface area contributed by atoms with E-state index in [4.69, 9.17) is 5.73 Å². The molecule has 1 aliphatic heterocycles. The van der Waals surface area contributed by atoms with Crippen molar-refractivity contribution in [3.8, 4) is 0 Å². The van der Waals surface area contributed by atoms with Gasteiger partial charge in [-0.1, -0.05) is 20.8 Å². The van der Waals surface area contributed by atoms with Crippen LogP contribution in [0.2, 0.25) is 0 Å². The van der Waals surface area contributed by atoms with E-state index in [2.05, 4.69) is 35.6 Å². The van der Waals surface area contributed by atoms with E-state index in [0.29, 0.717) is 5.41 Å². The normalized spacial score (nSPS) is 19.1. The number of anilines is 1. The summed E-state index contributed by atoms with van der Waals surface area (Å²) in [7, 11) is 0. The Kier molecular flexibility index (Phi) is 4.63. The summed E-state index contributed by atoms with van der Waals surface area (Å²) in [5.41, 5.74) is 7.32. The lowest BCUT2D eigenvalue weighted by Crippen LogP contribution is -2.38. The Bertz CT molecular complexity index is 411. The quantitative estimate of drug-likeness (QED) is 0.922. The summed E-state index contributed by atoms with van der Waals surface area (Å²) in [6.45, 7) is 11.2. The van der Waals surface area contributed by atoms with Gasteiger partial charge in [0, 0.05) is 31.5 Å². The van der Waals surface area contributed by atoms with Crippen LogP contribution >= 0.6 is 0 Å². The van der Waals surface area contributed by atoms with Gasteiger partial charge in [0.05, 0.1) is 0 Å². The highest BCUT2D eigenvalue weighted by Gasteiger charge is 2.29. The van der Waals surface area contributed by atoms with E-state index in [0.717, 1.165) is 36.9 Å². The molecule has 1 fully saturated rings. The van der Waals surface area contributed by atoms with Crippen molar-refractivity contribution in [1.82, 2.24) is 9.97 Å². The molecule has 1 aromatic rings. The monoisotopic (exact) mass is 276 g/mol. The molecule has 0 radical (unpaired) electrons. The van der Waals surface area contributed by atoms with Crippen LogP contribution < -0.4 is 10.6 Å². The van der Waals surface area contributed by atoms with Crippen LogP contribution in [0.25, 0.3) is 0 Å². The SMILES string of the molecule is CC(N)Cc1cnc(N2CCC(C(C)(C)C)CC2)nc1. The number of hydrogen-bond donors (Lipinski definition) is 1. The summed E-state index contributed by atoms with van der Waals surface area (Å²) in [5, 5.41) is 0. The zero-order valence-corrected chi connectivity index (χ0v) is 13.3. The zero-order chi connectivity index (χ0) is 14.8. The minimum absolute atomic E-state index is 0.159. The van der Waals surface area contributed by atoms with Crippen molar-refractivity contribution in [2.45, 2.75) is 53.0 Å². The smallest absolute Gasteiger partial charge is 0.225 e. The van der Waals surface area contributed by atoms with E-state index in [1.807, 2.05) is 19.3 Å². The van der Waals surface area contributed by atoms with Crippen LogP contribution in [0.15, 0.2) is 12.4 Å². The predicted octanol–water partition coefficient (Wildman–Crippen LogP) is 2.63. The van der Waals surface area contributed by atoms with Crippen molar-refractivity contribution >= 4 is 5.95 Å². The third-order valence-corrected chi connectivity index (χ3v) is 4.25. The van der Waals surface area contributed by atoms with Gasteiger partial charge in [-0.05, 0) is 43.1 Å². The van der Waals surface area contributed by atoms with Gasteiger partial charge in [0.1, 0.15) is 0 Å². The summed E-state index contributed by atoms with van der Waals surface area (Å²) >= 11 is 0. The first-order valence-corrected chi connectivity index (χ1v) is 7.67. The first-order chi connectivity index (χ1) is 9.36. The lowest BCUT2D eigenvalue weighted by atomic mass is 9.75. The van der Waals surface area contributed by atoms with Crippen LogP contribution in [0, 0.1) is 11.3 Å². The lowest BCUT2D eigenvalue weighted by Gasteiger charge is -2.38. The van der Waals surface area contributed by atoms with E-state index in [-0.39, 0.29) is 6.04 Å².